The number of carbonyl (C=O) groups is 2. The Morgan fingerprint density at radius 2 is 1.65 bits per heavy atom. The van der Waals surface area contributed by atoms with E-state index in [9.17, 15) is 9.59 Å². The lowest BCUT2D eigenvalue weighted by Crippen LogP contribution is -2.29. The molecule has 0 bridgehead atoms. The van der Waals surface area contributed by atoms with Crippen molar-refractivity contribution in [3.05, 3.63) is 90.3 Å². The van der Waals surface area contributed by atoms with Gasteiger partial charge in [0.1, 0.15) is 5.75 Å². The molecule has 1 unspecified atom stereocenters. The van der Waals surface area contributed by atoms with E-state index in [1.54, 1.807) is 43.5 Å². The van der Waals surface area contributed by atoms with Gasteiger partial charge < -0.3 is 9.47 Å². The van der Waals surface area contributed by atoms with Gasteiger partial charge in [0, 0.05) is 18.3 Å². The van der Waals surface area contributed by atoms with Crippen molar-refractivity contribution in [3.8, 4) is 5.75 Å². The maximum absolute atomic E-state index is 12.4. The third kappa shape index (κ3) is 4.00. The number of ether oxygens (including phenoxy) is 2. The topological polar surface area (TPSA) is 55.8 Å². The van der Waals surface area contributed by atoms with Gasteiger partial charge in [-0.1, -0.05) is 54.6 Å². The summed E-state index contributed by atoms with van der Waals surface area (Å²) in [5.41, 5.74) is 1.32. The monoisotopic (exact) mass is 349 g/mol. The van der Waals surface area contributed by atoms with Crippen LogP contribution in [0.1, 0.15) is 18.4 Å². The predicted molar refractivity (Wildman–Crippen MR) is 97.3 cm³/mol. The minimum absolute atomic E-state index is 0.260. The Hall–Kier alpha value is -3.34. The van der Waals surface area contributed by atoms with Crippen LogP contribution in [0.4, 0.5) is 4.79 Å². The molecule has 0 aliphatic carbocycles. The van der Waals surface area contributed by atoms with Gasteiger partial charge in [0.2, 0.25) is 0 Å². The van der Waals surface area contributed by atoms with Crippen molar-refractivity contribution >= 4 is 12.1 Å². The largest absolute Gasteiger partial charge is 0.463 e. The van der Waals surface area contributed by atoms with Crippen LogP contribution in [0.2, 0.25) is 0 Å². The van der Waals surface area contributed by atoms with Crippen molar-refractivity contribution in [2.24, 2.45) is 0 Å². The second kappa shape index (κ2) is 8.16. The minimum Gasteiger partial charge on any atom is -0.463 e. The lowest BCUT2D eigenvalue weighted by Gasteiger charge is -2.24. The highest BCUT2D eigenvalue weighted by molar-refractivity contribution is 5.92. The van der Waals surface area contributed by atoms with Gasteiger partial charge in [-0.3, -0.25) is 4.90 Å². The Bertz CT molecular complexity index is 828. The number of hydrogen-bond acceptors (Lipinski definition) is 4. The maximum Gasteiger partial charge on any atom is 0.423 e. The Balaban J connectivity index is 1.85. The summed E-state index contributed by atoms with van der Waals surface area (Å²) in [5.74, 6) is -0.304. The molecule has 0 spiro atoms. The van der Waals surface area contributed by atoms with Gasteiger partial charge in [-0.05, 0) is 24.6 Å². The van der Waals surface area contributed by atoms with Crippen LogP contribution in [0, 0.1) is 0 Å². The van der Waals surface area contributed by atoms with Crippen LogP contribution in [-0.2, 0) is 9.53 Å². The Morgan fingerprint density at radius 1 is 1.00 bits per heavy atom. The Labute approximate surface area is 152 Å². The fraction of sp³-hybridized carbons (Fsp3) is 0.143. The molecule has 0 fully saturated rings. The molecule has 2 aromatic rings. The number of hydrogen-bond donors (Lipinski definition) is 0. The summed E-state index contributed by atoms with van der Waals surface area (Å²) in [6, 6.07) is 18.3. The van der Waals surface area contributed by atoms with E-state index in [4.69, 9.17) is 9.47 Å². The molecular weight excluding hydrogens is 330 g/mol. The zero-order valence-corrected chi connectivity index (χ0v) is 14.4. The number of carbonyl (C=O) groups excluding carboxylic acids is 2. The van der Waals surface area contributed by atoms with Crippen LogP contribution in [0.25, 0.3) is 0 Å². The second-order valence-electron chi connectivity index (χ2n) is 5.62. The number of amides is 1. The first-order chi connectivity index (χ1) is 12.7. The van der Waals surface area contributed by atoms with E-state index in [0.29, 0.717) is 11.3 Å². The molecule has 1 amide bonds. The van der Waals surface area contributed by atoms with Crippen molar-refractivity contribution in [2.75, 3.05) is 6.61 Å². The molecule has 0 aromatic heterocycles. The highest BCUT2D eigenvalue weighted by Gasteiger charge is 2.28. The van der Waals surface area contributed by atoms with Crippen LogP contribution in [0.15, 0.2) is 84.7 Å². The molecular formula is C21H19NO4. The molecule has 0 N–H and O–H groups in total. The summed E-state index contributed by atoms with van der Waals surface area (Å²) in [5, 5.41) is 0. The zero-order valence-electron chi connectivity index (χ0n) is 14.4. The molecule has 3 rings (SSSR count). The Kier molecular flexibility index (Phi) is 5.49. The highest BCUT2D eigenvalue weighted by Crippen LogP contribution is 2.31. The third-order valence-electron chi connectivity index (χ3n) is 3.88. The van der Waals surface area contributed by atoms with Gasteiger partial charge in [-0.2, -0.15) is 0 Å². The van der Waals surface area contributed by atoms with Crippen LogP contribution < -0.4 is 4.74 Å². The quantitative estimate of drug-likeness (QED) is 0.775. The van der Waals surface area contributed by atoms with Crippen LogP contribution in [-0.4, -0.2) is 23.6 Å². The first kappa shape index (κ1) is 17.5. The van der Waals surface area contributed by atoms with Crippen molar-refractivity contribution in [1.29, 1.82) is 0 Å². The van der Waals surface area contributed by atoms with Crippen molar-refractivity contribution in [2.45, 2.75) is 12.8 Å². The third-order valence-corrected chi connectivity index (χ3v) is 3.88. The number of nitrogens with zero attached hydrogens (tertiary/aromatic N) is 1. The molecule has 5 nitrogen and oxygen atoms in total. The van der Waals surface area contributed by atoms with Crippen LogP contribution in [0.3, 0.4) is 0 Å². The van der Waals surface area contributed by atoms with Crippen molar-refractivity contribution in [3.63, 3.8) is 0 Å². The van der Waals surface area contributed by atoms with Crippen LogP contribution >= 0.6 is 0 Å². The minimum atomic E-state index is -0.597. The summed E-state index contributed by atoms with van der Waals surface area (Å²) in [7, 11) is 0. The maximum atomic E-state index is 12.4. The van der Waals surface area contributed by atoms with E-state index >= 15 is 0 Å². The van der Waals surface area contributed by atoms with E-state index in [1.165, 1.54) is 11.1 Å². The number of esters is 1. The SMILES string of the molecule is CCOC(=O)C1=CN(C(=O)Oc2ccccc2)C=CC1c1ccccc1. The van der Waals surface area contributed by atoms with Gasteiger partial charge in [-0.15, -0.1) is 0 Å². The lowest BCUT2D eigenvalue weighted by molar-refractivity contribution is -0.138. The Morgan fingerprint density at radius 3 is 2.31 bits per heavy atom. The number of benzene rings is 2. The zero-order chi connectivity index (χ0) is 18.4. The van der Waals surface area contributed by atoms with Gasteiger partial charge >= 0.3 is 12.1 Å². The van der Waals surface area contributed by atoms with Gasteiger partial charge in [0.15, 0.2) is 0 Å². The molecule has 132 valence electrons. The molecule has 1 atom stereocenters. The number of rotatable bonds is 4. The standard InChI is InChI=1S/C21H19NO4/c1-2-25-20(23)19-15-22(21(24)26-17-11-7-4-8-12-17)14-13-18(19)16-9-5-3-6-10-16/h3-15,18H,2H2,1H3. The average Bonchev–Trinajstić information content (AvgIpc) is 2.69. The predicted octanol–water partition coefficient (Wildman–Crippen LogP) is 4.25. The van der Waals surface area contributed by atoms with Gasteiger partial charge in [0.05, 0.1) is 12.2 Å². The molecule has 0 saturated heterocycles. The van der Waals surface area contributed by atoms with Crippen LogP contribution in [0.5, 0.6) is 5.75 Å². The summed E-state index contributed by atoms with van der Waals surface area (Å²) >= 11 is 0. The van der Waals surface area contributed by atoms with Gasteiger partial charge in [-0.25, -0.2) is 9.59 Å². The molecule has 26 heavy (non-hydrogen) atoms. The molecule has 0 radical (unpaired) electrons. The molecule has 2 aromatic carbocycles. The number of para-hydroxylation sites is 1. The molecule has 1 aliphatic heterocycles. The molecule has 0 saturated carbocycles. The molecule has 1 heterocycles. The fourth-order valence-corrected chi connectivity index (χ4v) is 2.66. The number of allylic oxidation sites excluding steroid dienone is 1. The first-order valence-electron chi connectivity index (χ1n) is 8.36. The summed E-state index contributed by atoms with van der Waals surface area (Å²) in [4.78, 5) is 26.0. The summed E-state index contributed by atoms with van der Waals surface area (Å²) < 4.78 is 10.5. The van der Waals surface area contributed by atoms with E-state index in [0.717, 1.165) is 5.56 Å². The van der Waals surface area contributed by atoms with Crippen molar-refractivity contribution in [1.82, 2.24) is 4.90 Å². The lowest BCUT2D eigenvalue weighted by atomic mass is 9.90. The smallest absolute Gasteiger partial charge is 0.423 e. The first-order valence-corrected chi connectivity index (χ1v) is 8.36. The fourth-order valence-electron chi connectivity index (χ4n) is 2.66. The second-order valence-corrected chi connectivity index (χ2v) is 5.62. The summed E-state index contributed by atoms with van der Waals surface area (Å²) in [6.45, 7) is 2.01. The van der Waals surface area contributed by atoms with E-state index < -0.39 is 12.1 Å². The summed E-state index contributed by atoms with van der Waals surface area (Å²) in [6.07, 6.45) is 4.27. The van der Waals surface area contributed by atoms with E-state index in [-0.39, 0.29) is 12.5 Å². The molecule has 1 aliphatic rings. The molecule has 5 heteroatoms. The average molecular weight is 349 g/mol. The highest BCUT2D eigenvalue weighted by atomic mass is 16.6. The van der Waals surface area contributed by atoms with Crippen molar-refractivity contribution < 1.29 is 19.1 Å². The van der Waals surface area contributed by atoms with E-state index in [2.05, 4.69) is 0 Å². The normalized spacial score (nSPS) is 16.0. The van der Waals surface area contributed by atoms with E-state index in [1.807, 2.05) is 36.4 Å². The van der Waals surface area contributed by atoms with Gasteiger partial charge in [0.25, 0.3) is 0 Å².